The molecule has 0 unspecified atom stereocenters. The molecule has 0 aliphatic carbocycles. The molecule has 27 heavy (non-hydrogen) atoms. The smallest absolute Gasteiger partial charge is 0.339 e. The van der Waals surface area contributed by atoms with Crippen LogP contribution in [0.4, 0.5) is 14.5 Å². The van der Waals surface area contributed by atoms with Crippen molar-refractivity contribution < 1.29 is 27.9 Å². The molecule has 0 aliphatic heterocycles. The van der Waals surface area contributed by atoms with Crippen LogP contribution in [0.2, 0.25) is 0 Å². The fraction of sp³-hybridized carbons (Fsp3) is 0.211. The van der Waals surface area contributed by atoms with Gasteiger partial charge >= 0.3 is 5.97 Å². The van der Waals surface area contributed by atoms with Gasteiger partial charge in [0.2, 0.25) is 5.91 Å². The number of carbonyl (C=O) groups is 3. The summed E-state index contributed by atoms with van der Waals surface area (Å²) in [5.74, 6) is -4.12. The lowest BCUT2D eigenvalue weighted by Crippen LogP contribution is -2.15. The zero-order valence-electron chi connectivity index (χ0n) is 14.4. The number of ketones is 1. The maximum Gasteiger partial charge on any atom is 0.339 e. The normalized spacial score (nSPS) is 10.5. The molecule has 0 aliphatic rings. The van der Waals surface area contributed by atoms with E-state index in [0.717, 1.165) is 0 Å². The van der Waals surface area contributed by atoms with Crippen LogP contribution >= 0.6 is 11.8 Å². The van der Waals surface area contributed by atoms with E-state index in [0.29, 0.717) is 17.7 Å². The van der Waals surface area contributed by atoms with Gasteiger partial charge in [-0.3, -0.25) is 9.59 Å². The molecule has 5 nitrogen and oxygen atoms in total. The summed E-state index contributed by atoms with van der Waals surface area (Å²) in [6.45, 7) is 1.20. The number of anilines is 1. The molecule has 0 saturated heterocycles. The van der Waals surface area contributed by atoms with Gasteiger partial charge in [-0.2, -0.15) is 8.78 Å². The number of carbonyl (C=O) groups excluding carboxylic acids is 3. The third kappa shape index (κ3) is 6.18. The lowest BCUT2D eigenvalue weighted by atomic mass is 10.1. The van der Waals surface area contributed by atoms with Gasteiger partial charge in [0, 0.05) is 22.6 Å². The van der Waals surface area contributed by atoms with Crippen molar-refractivity contribution in [3.05, 3.63) is 59.7 Å². The molecule has 0 aromatic heterocycles. The van der Waals surface area contributed by atoms with Crippen molar-refractivity contribution in [2.75, 3.05) is 11.9 Å². The van der Waals surface area contributed by atoms with E-state index in [1.165, 1.54) is 36.4 Å². The maximum atomic E-state index is 12.6. The van der Waals surface area contributed by atoms with Crippen molar-refractivity contribution >= 4 is 35.1 Å². The fourth-order valence-corrected chi connectivity index (χ4v) is 2.74. The van der Waals surface area contributed by atoms with E-state index in [-0.39, 0.29) is 28.1 Å². The number of hydrogen-bond donors (Lipinski definition) is 1. The van der Waals surface area contributed by atoms with Gasteiger partial charge < -0.3 is 10.1 Å². The van der Waals surface area contributed by atoms with Crippen LogP contribution in [0.1, 0.15) is 34.1 Å². The van der Waals surface area contributed by atoms with E-state index in [4.69, 9.17) is 4.74 Å². The molecule has 0 bridgehead atoms. The van der Waals surface area contributed by atoms with E-state index in [2.05, 4.69) is 5.32 Å². The Hall–Kier alpha value is -2.74. The molecule has 142 valence electrons. The number of nitrogens with one attached hydrogen (secondary N) is 1. The first-order valence-electron chi connectivity index (χ1n) is 8.04. The number of ether oxygens (including phenoxy) is 1. The van der Waals surface area contributed by atoms with E-state index in [1.54, 1.807) is 19.1 Å². The Morgan fingerprint density at radius 2 is 1.74 bits per heavy atom. The summed E-state index contributed by atoms with van der Waals surface area (Å²) in [5.41, 5.74) is 0.828. The number of halogens is 2. The number of thioether (sulfide) groups is 1. The quantitative estimate of drug-likeness (QED) is 0.409. The molecule has 2 aromatic rings. The van der Waals surface area contributed by atoms with Crippen molar-refractivity contribution in [2.24, 2.45) is 0 Å². The van der Waals surface area contributed by atoms with Gasteiger partial charge in [-0.1, -0.05) is 30.8 Å². The second-order valence-electron chi connectivity index (χ2n) is 5.35. The lowest BCUT2D eigenvalue weighted by Gasteiger charge is -2.09. The van der Waals surface area contributed by atoms with Crippen LogP contribution in [0.3, 0.4) is 0 Å². The zero-order valence-corrected chi connectivity index (χ0v) is 15.2. The van der Waals surface area contributed by atoms with Gasteiger partial charge in [-0.05, 0) is 36.4 Å². The summed E-state index contributed by atoms with van der Waals surface area (Å²) in [7, 11) is 0. The second-order valence-corrected chi connectivity index (χ2v) is 6.38. The first-order chi connectivity index (χ1) is 12.9. The summed E-state index contributed by atoms with van der Waals surface area (Å²) in [5, 5.41) is 2.65. The molecule has 0 radical (unpaired) electrons. The number of benzene rings is 2. The molecule has 0 fully saturated rings. The third-order valence-corrected chi connectivity index (χ3v) is 4.26. The Balaban J connectivity index is 1.97. The standard InChI is InChI=1S/C19H17F2NO4S/c1-2-17(24)22-13-9-7-12(8-10-13)15(23)11-26-18(25)14-5-3-4-6-16(14)27-19(20)21/h3-10,19H,2,11H2,1H3,(H,22,24). The van der Waals surface area contributed by atoms with Crippen LogP contribution < -0.4 is 5.32 Å². The maximum absolute atomic E-state index is 12.6. The third-order valence-electron chi connectivity index (χ3n) is 3.47. The van der Waals surface area contributed by atoms with Gasteiger partial charge in [-0.25, -0.2) is 4.79 Å². The highest BCUT2D eigenvalue weighted by Crippen LogP contribution is 2.28. The molecule has 0 spiro atoms. The predicted molar refractivity (Wildman–Crippen MR) is 98.3 cm³/mol. The first kappa shape index (κ1) is 20.6. The minimum Gasteiger partial charge on any atom is -0.454 e. The van der Waals surface area contributed by atoms with Crippen LogP contribution in [0.5, 0.6) is 0 Å². The Morgan fingerprint density at radius 1 is 1.07 bits per heavy atom. The number of hydrogen-bond acceptors (Lipinski definition) is 5. The zero-order chi connectivity index (χ0) is 19.8. The van der Waals surface area contributed by atoms with Crippen LogP contribution in [-0.2, 0) is 9.53 Å². The summed E-state index contributed by atoms with van der Waals surface area (Å²) >= 11 is 0.239. The minimum absolute atomic E-state index is 0.0202. The largest absolute Gasteiger partial charge is 0.454 e. The monoisotopic (exact) mass is 393 g/mol. The van der Waals surface area contributed by atoms with Crippen molar-refractivity contribution in [1.29, 1.82) is 0 Å². The number of amides is 1. The van der Waals surface area contributed by atoms with Crippen molar-refractivity contribution in [2.45, 2.75) is 24.0 Å². The van der Waals surface area contributed by atoms with Gasteiger partial charge in [0.25, 0.3) is 5.76 Å². The Bertz CT molecular complexity index is 825. The van der Waals surface area contributed by atoms with E-state index in [1.807, 2.05) is 0 Å². The SMILES string of the molecule is CCC(=O)Nc1ccc(C(=O)COC(=O)c2ccccc2SC(F)F)cc1. The van der Waals surface area contributed by atoms with Gasteiger partial charge in [-0.15, -0.1) is 0 Å². The van der Waals surface area contributed by atoms with Gasteiger partial charge in [0.1, 0.15) is 0 Å². The van der Waals surface area contributed by atoms with Gasteiger partial charge in [0.15, 0.2) is 12.4 Å². The van der Waals surface area contributed by atoms with Crippen molar-refractivity contribution in [1.82, 2.24) is 0 Å². The summed E-state index contributed by atoms with van der Waals surface area (Å²) < 4.78 is 30.1. The molecule has 0 saturated carbocycles. The minimum atomic E-state index is -2.67. The predicted octanol–water partition coefficient (Wildman–Crippen LogP) is 4.39. The van der Waals surface area contributed by atoms with Crippen LogP contribution in [-0.4, -0.2) is 30.0 Å². The molecular formula is C19H17F2NO4S. The molecule has 2 aromatic carbocycles. The van der Waals surface area contributed by atoms with Crippen LogP contribution in [0.25, 0.3) is 0 Å². The molecule has 8 heteroatoms. The average Bonchev–Trinajstić information content (AvgIpc) is 2.66. The number of alkyl halides is 2. The molecular weight excluding hydrogens is 376 g/mol. The fourth-order valence-electron chi connectivity index (χ4n) is 2.12. The molecule has 0 atom stereocenters. The summed E-state index contributed by atoms with van der Waals surface area (Å²) in [6.07, 6.45) is 0.335. The lowest BCUT2D eigenvalue weighted by molar-refractivity contribution is -0.115. The Kier molecular flexibility index (Phi) is 7.48. The van der Waals surface area contributed by atoms with Gasteiger partial charge in [0.05, 0.1) is 5.56 Å². The topological polar surface area (TPSA) is 72.5 Å². The summed E-state index contributed by atoms with van der Waals surface area (Å²) in [6, 6.07) is 11.9. The second kappa shape index (κ2) is 9.82. The van der Waals surface area contributed by atoms with Crippen molar-refractivity contribution in [3.8, 4) is 0 Å². The highest BCUT2D eigenvalue weighted by atomic mass is 32.2. The highest BCUT2D eigenvalue weighted by molar-refractivity contribution is 7.99. The Morgan fingerprint density at radius 3 is 2.37 bits per heavy atom. The van der Waals surface area contributed by atoms with E-state index >= 15 is 0 Å². The number of Topliss-reactive ketones (excluding diaryl/α,β-unsaturated/α-hetero) is 1. The van der Waals surface area contributed by atoms with Crippen molar-refractivity contribution in [3.63, 3.8) is 0 Å². The van der Waals surface area contributed by atoms with E-state index < -0.39 is 24.1 Å². The highest BCUT2D eigenvalue weighted by Gasteiger charge is 2.18. The van der Waals surface area contributed by atoms with E-state index in [9.17, 15) is 23.2 Å². The molecule has 0 heterocycles. The molecule has 2 rings (SSSR count). The van der Waals surface area contributed by atoms with Crippen LogP contribution in [0, 0.1) is 0 Å². The van der Waals surface area contributed by atoms with Crippen LogP contribution in [0.15, 0.2) is 53.4 Å². The first-order valence-corrected chi connectivity index (χ1v) is 8.92. The number of esters is 1. The summed E-state index contributed by atoms with van der Waals surface area (Å²) in [4.78, 5) is 35.7. The molecule has 1 amide bonds. The average molecular weight is 393 g/mol. The number of rotatable bonds is 8. The Labute approximate surface area is 159 Å². The molecule has 1 N–H and O–H groups in total.